The lowest BCUT2D eigenvalue weighted by atomic mass is 10.1. The Bertz CT molecular complexity index is 521. The van der Waals surface area contributed by atoms with Gasteiger partial charge in [0.05, 0.1) is 19.6 Å². The number of carbonyl (C=O) groups is 1. The third-order valence-corrected chi connectivity index (χ3v) is 3.54. The second-order valence-electron chi connectivity index (χ2n) is 4.61. The normalized spacial score (nSPS) is 15.4. The second-order valence-corrected chi connectivity index (χ2v) is 5.02. The van der Waals surface area contributed by atoms with Gasteiger partial charge in [-0.3, -0.25) is 4.79 Å². The van der Waals surface area contributed by atoms with E-state index < -0.39 is 0 Å². The topological polar surface area (TPSA) is 62.1 Å². The molecule has 0 heterocycles. The van der Waals surface area contributed by atoms with E-state index in [2.05, 4.69) is 11.4 Å². The van der Waals surface area contributed by atoms with E-state index >= 15 is 0 Å². The minimum Gasteiger partial charge on any atom is -0.496 e. The maximum Gasteiger partial charge on any atom is 0.225 e. The molecule has 2 rings (SSSR count). The number of rotatable bonds is 5. The first-order valence-electron chi connectivity index (χ1n) is 6.16. The van der Waals surface area contributed by atoms with Crippen LogP contribution in [0.5, 0.6) is 5.75 Å². The second kappa shape index (κ2) is 5.94. The van der Waals surface area contributed by atoms with Gasteiger partial charge in [-0.25, -0.2) is 0 Å². The van der Waals surface area contributed by atoms with Gasteiger partial charge in [0.15, 0.2) is 0 Å². The van der Waals surface area contributed by atoms with Gasteiger partial charge in [0, 0.05) is 10.6 Å². The van der Waals surface area contributed by atoms with E-state index in [1.54, 1.807) is 18.2 Å². The molecule has 4 nitrogen and oxygen atoms in total. The zero-order chi connectivity index (χ0) is 13.8. The van der Waals surface area contributed by atoms with Gasteiger partial charge in [0.2, 0.25) is 5.91 Å². The van der Waals surface area contributed by atoms with Gasteiger partial charge in [-0.2, -0.15) is 5.26 Å². The lowest BCUT2D eigenvalue weighted by Crippen LogP contribution is -2.36. The van der Waals surface area contributed by atoms with E-state index in [1.807, 2.05) is 0 Å². The van der Waals surface area contributed by atoms with Crippen LogP contribution in [0.25, 0.3) is 0 Å². The molecule has 1 aromatic carbocycles. The fourth-order valence-electron chi connectivity index (χ4n) is 1.97. The molecule has 1 aromatic rings. The van der Waals surface area contributed by atoms with E-state index in [1.165, 1.54) is 7.11 Å². The van der Waals surface area contributed by atoms with Crippen LogP contribution in [0, 0.1) is 17.2 Å². The molecule has 100 valence electrons. The largest absolute Gasteiger partial charge is 0.496 e. The molecule has 1 aliphatic carbocycles. The Morgan fingerprint density at radius 1 is 1.63 bits per heavy atom. The predicted molar refractivity (Wildman–Crippen MR) is 72.0 cm³/mol. The Balaban J connectivity index is 2.04. The predicted octanol–water partition coefficient (Wildman–Crippen LogP) is 2.31. The molecule has 0 aliphatic heterocycles. The average molecular weight is 279 g/mol. The molecule has 1 unspecified atom stereocenters. The Labute approximate surface area is 117 Å². The first kappa shape index (κ1) is 13.7. The van der Waals surface area contributed by atoms with E-state index in [0.29, 0.717) is 22.3 Å². The fraction of sp³-hybridized carbons (Fsp3) is 0.429. The lowest BCUT2D eigenvalue weighted by Gasteiger charge is -2.13. The first-order valence-corrected chi connectivity index (χ1v) is 6.54. The van der Waals surface area contributed by atoms with Crippen molar-refractivity contribution < 1.29 is 9.53 Å². The summed E-state index contributed by atoms with van der Waals surface area (Å²) in [5, 5.41) is 12.2. The number of amides is 1. The van der Waals surface area contributed by atoms with Gasteiger partial charge in [-0.15, -0.1) is 0 Å². The van der Waals surface area contributed by atoms with Crippen molar-refractivity contribution in [1.82, 2.24) is 5.32 Å². The van der Waals surface area contributed by atoms with Crippen LogP contribution in [-0.2, 0) is 11.2 Å². The van der Waals surface area contributed by atoms with Crippen molar-refractivity contribution in [2.24, 2.45) is 5.92 Å². The van der Waals surface area contributed by atoms with Crippen LogP contribution in [-0.4, -0.2) is 19.1 Å². The molecule has 1 amide bonds. The number of benzene rings is 1. The van der Waals surface area contributed by atoms with Crippen LogP contribution in [0.3, 0.4) is 0 Å². The number of carbonyl (C=O) groups excluding carboxylic acids is 1. The Hall–Kier alpha value is -1.73. The van der Waals surface area contributed by atoms with Crippen LogP contribution in [0.1, 0.15) is 18.4 Å². The molecular formula is C14H15ClN2O2. The number of halogens is 1. The molecule has 0 bridgehead atoms. The number of hydrogen-bond acceptors (Lipinski definition) is 3. The quantitative estimate of drug-likeness (QED) is 0.899. The van der Waals surface area contributed by atoms with Crippen molar-refractivity contribution in [2.45, 2.75) is 25.3 Å². The highest BCUT2D eigenvalue weighted by atomic mass is 35.5. The number of methoxy groups -OCH3 is 1. The van der Waals surface area contributed by atoms with Crippen molar-refractivity contribution in [2.75, 3.05) is 7.11 Å². The van der Waals surface area contributed by atoms with Crippen LogP contribution in [0.2, 0.25) is 5.02 Å². The van der Waals surface area contributed by atoms with Crippen molar-refractivity contribution in [3.8, 4) is 11.8 Å². The van der Waals surface area contributed by atoms with Crippen molar-refractivity contribution in [1.29, 1.82) is 5.26 Å². The smallest absolute Gasteiger partial charge is 0.225 e. The monoisotopic (exact) mass is 278 g/mol. The zero-order valence-corrected chi connectivity index (χ0v) is 11.4. The van der Waals surface area contributed by atoms with Crippen LogP contribution >= 0.6 is 11.6 Å². The molecule has 0 spiro atoms. The lowest BCUT2D eigenvalue weighted by molar-refractivity contribution is -0.120. The van der Waals surface area contributed by atoms with Gasteiger partial charge in [-0.05, 0) is 30.9 Å². The molecule has 0 radical (unpaired) electrons. The molecule has 0 saturated heterocycles. The Morgan fingerprint density at radius 2 is 2.37 bits per heavy atom. The summed E-state index contributed by atoms with van der Waals surface area (Å²) in [6.45, 7) is 0. The third kappa shape index (κ3) is 3.39. The number of nitriles is 1. The summed E-state index contributed by atoms with van der Waals surface area (Å²) in [6, 6.07) is 6.99. The van der Waals surface area contributed by atoms with Crippen molar-refractivity contribution >= 4 is 17.5 Å². The Morgan fingerprint density at radius 3 is 2.95 bits per heavy atom. The molecule has 1 fully saturated rings. The molecule has 19 heavy (non-hydrogen) atoms. The minimum absolute atomic E-state index is 0.119. The highest BCUT2D eigenvalue weighted by Crippen LogP contribution is 2.32. The maximum atomic E-state index is 12.0. The number of nitrogens with one attached hydrogen (secondary N) is 1. The average Bonchev–Trinajstić information content (AvgIpc) is 3.22. The van der Waals surface area contributed by atoms with Gasteiger partial charge in [-0.1, -0.05) is 17.7 Å². The fourth-order valence-corrected chi connectivity index (χ4v) is 2.20. The highest BCUT2D eigenvalue weighted by Gasteiger charge is 2.32. The van der Waals surface area contributed by atoms with E-state index in [9.17, 15) is 4.79 Å². The number of hydrogen-bond donors (Lipinski definition) is 1. The van der Waals surface area contributed by atoms with Gasteiger partial charge in [0.1, 0.15) is 11.8 Å². The molecule has 1 saturated carbocycles. The molecule has 1 aliphatic rings. The molecule has 0 aromatic heterocycles. The summed E-state index contributed by atoms with van der Waals surface area (Å²) in [7, 11) is 1.54. The molecule has 5 heteroatoms. The van der Waals surface area contributed by atoms with Crippen LogP contribution < -0.4 is 10.1 Å². The SMILES string of the molecule is COc1cccc(Cl)c1CC(=O)NC(C#N)C1CC1. The highest BCUT2D eigenvalue weighted by molar-refractivity contribution is 6.31. The third-order valence-electron chi connectivity index (χ3n) is 3.18. The summed E-state index contributed by atoms with van der Waals surface area (Å²) in [6.07, 6.45) is 2.13. The van der Waals surface area contributed by atoms with Crippen LogP contribution in [0.4, 0.5) is 0 Å². The van der Waals surface area contributed by atoms with E-state index in [4.69, 9.17) is 21.6 Å². The number of nitrogens with zero attached hydrogens (tertiary/aromatic N) is 1. The van der Waals surface area contributed by atoms with Crippen LogP contribution in [0.15, 0.2) is 18.2 Å². The van der Waals surface area contributed by atoms with Gasteiger partial charge < -0.3 is 10.1 Å². The van der Waals surface area contributed by atoms with Crippen molar-refractivity contribution in [3.05, 3.63) is 28.8 Å². The van der Waals surface area contributed by atoms with Gasteiger partial charge >= 0.3 is 0 Å². The summed E-state index contributed by atoms with van der Waals surface area (Å²) in [5.74, 6) is 0.689. The molecular weight excluding hydrogens is 264 g/mol. The summed E-state index contributed by atoms with van der Waals surface area (Å²) in [4.78, 5) is 12.0. The number of ether oxygens (including phenoxy) is 1. The maximum absolute atomic E-state index is 12.0. The van der Waals surface area contributed by atoms with Gasteiger partial charge in [0.25, 0.3) is 0 Å². The summed E-state index contributed by atoms with van der Waals surface area (Å²) < 4.78 is 5.19. The summed E-state index contributed by atoms with van der Waals surface area (Å²) >= 11 is 6.07. The standard InChI is InChI=1S/C14H15ClN2O2/c1-19-13-4-2-3-11(15)10(13)7-14(18)17-12(8-16)9-5-6-9/h2-4,9,12H,5-7H2,1H3,(H,17,18). The minimum atomic E-state index is -0.388. The molecule has 1 atom stereocenters. The first-order chi connectivity index (χ1) is 9.15. The zero-order valence-electron chi connectivity index (χ0n) is 10.6. The van der Waals surface area contributed by atoms with E-state index in [-0.39, 0.29) is 18.4 Å². The summed E-state index contributed by atoms with van der Waals surface area (Å²) in [5.41, 5.74) is 0.650. The van der Waals surface area contributed by atoms with Crippen molar-refractivity contribution in [3.63, 3.8) is 0 Å². The van der Waals surface area contributed by atoms with E-state index in [0.717, 1.165) is 12.8 Å². The molecule has 1 N–H and O–H groups in total. The Kier molecular flexibility index (Phi) is 4.28.